The first-order chi connectivity index (χ1) is 10.5. The molecular formula is C16H15F2NO3. The van der Waals surface area contributed by atoms with Crippen LogP contribution in [0.1, 0.15) is 6.92 Å². The zero-order valence-electron chi connectivity index (χ0n) is 12.1. The van der Waals surface area contributed by atoms with Gasteiger partial charge in [-0.3, -0.25) is 4.79 Å². The maximum absolute atomic E-state index is 13.1. The van der Waals surface area contributed by atoms with E-state index in [2.05, 4.69) is 5.32 Å². The van der Waals surface area contributed by atoms with Crippen molar-refractivity contribution >= 4 is 11.6 Å². The first-order valence-electron chi connectivity index (χ1n) is 6.56. The van der Waals surface area contributed by atoms with Gasteiger partial charge in [-0.2, -0.15) is 0 Å². The van der Waals surface area contributed by atoms with Gasteiger partial charge in [-0.05, 0) is 43.3 Å². The van der Waals surface area contributed by atoms with Crippen molar-refractivity contribution in [1.82, 2.24) is 0 Å². The average Bonchev–Trinajstić information content (AvgIpc) is 2.51. The van der Waals surface area contributed by atoms with Gasteiger partial charge in [0, 0.05) is 11.8 Å². The minimum Gasteiger partial charge on any atom is -0.497 e. The molecule has 1 atom stereocenters. The molecule has 2 rings (SSSR count). The third-order valence-corrected chi connectivity index (χ3v) is 2.93. The number of carbonyl (C=O) groups is 1. The van der Waals surface area contributed by atoms with Gasteiger partial charge in [-0.15, -0.1) is 0 Å². The number of anilines is 1. The molecule has 0 aliphatic rings. The SMILES string of the molecule is COc1ccc(NC(=O)[C@@H](C)Oc2ccc(F)c(F)c2)cc1. The monoisotopic (exact) mass is 307 g/mol. The van der Waals surface area contributed by atoms with Crippen LogP contribution in [0, 0.1) is 11.6 Å². The summed E-state index contributed by atoms with van der Waals surface area (Å²) < 4.78 is 36.2. The summed E-state index contributed by atoms with van der Waals surface area (Å²) in [6, 6.07) is 9.87. The summed E-state index contributed by atoms with van der Waals surface area (Å²) in [6.07, 6.45) is -0.869. The van der Waals surface area contributed by atoms with Crippen molar-refractivity contribution in [3.05, 3.63) is 54.1 Å². The van der Waals surface area contributed by atoms with Crippen LogP contribution in [0.5, 0.6) is 11.5 Å². The third kappa shape index (κ3) is 3.94. The Morgan fingerprint density at radius 1 is 1.05 bits per heavy atom. The first-order valence-corrected chi connectivity index (χ1v) is 6.56. The summed E-state index contributed by atoms with van der Waals surface area (Å²) in [6.45, 7) is 1.51. The van der Waals surface area contributed by atoms with E-state index < -0.39 is 23.6 Å². The predicted octanol–water partition coefficient (Wildman–Crippen LogP) is 3.38. The Kier molecular flexibility index (Phi) is 4.93. The maximum atomic E-state index is 13.1. The van der Waals surface area contributed by atoms with Gasteiger partial charge in [-0.1, -0.05) is 0 Å². The Hall–Kier alpha value is -2.63. The highest BCUT2D eigenvalue weighted by Gasteiger charge is 2.16. The molecule has 0 unspecified atom stereocenters. The van der Waals surface area contributed by atoms with Crippen molar-refractivity contribution in [2.75, 3.05) is 12.4 Å². The van der Waals surface area contributed by atoms with Crippen LogP contribution in [0.3, 0.4) is 0 Å². The fourth-order valence-electron chi connectivity index (χ4n) is 1.73. The Bertz CT molecular complexity index is 659. The van der Waals surface area contributed by atoms with Gasteiger partial charge < -0.3 is 14.8 Å². The molecule has 0 aliphatic heterocycles. The van der Waals surface area contributed by atoms with Gasteiger partial charge in [0.1, 0.15) is 11.5 Å². The second kappa shape index (κ2) is 6.89. The molecule has 0 radical (unpaired) electrons. The van der Waals surface area contributed by atoms with E-state index in [1.54, 1.807) is 31.4 Å². The number of ether oxygens (including phenoxy) is 2. The molecule has 22 heavy (non-hydrogen) atoms. The largest absolute Gasteiger partial charge is 0.497 e. The summed E-state index contributed by atoms with van der Waals surface area (Å²) >= 11 is 0. The second-order valence-electron chi connectivity index (χ2n) is 4.55. The van der Waals surface area contributed by atoms with Crippen molar-refractivity contribution < 1.29 is 23.0 Å². The lowest BCUT2D eigenvalue weighted by molar-refractivity contribution is -0.122. The minimum absolute atomic E-state index is 0.0799. The molecule has 1 amide bonds. The van der Waals surface area contributed by atoms with E-state index in [9.17, 15) is 13.6 Å². The van der Waals surface area contributed by atoms with Crippen LogP contribution in [-0.2, 0) is 4.79 Å². The van der Waals surface area contributed by atoms with Crippen LogP contribution >= 0.6 is 0 Å². The van der Waals surface area contributed by atoms with Crippen molar-refractivity contribution in [2.24, 2.45) is 0 Å². The molecule has 0 spiro atoms. The van der Waals surface area contributed by atoms with Gasteiger partial charge in [0.05, 0.1) is 7.11 Å². The van der Waals surface area contributed by atoms with Crippen molar-refractivity contribution in [3.8, 4) is 11.5 Å². The summed E-state index contributed by atoms with van der Waals surface area (Å²) in [5.74, 6) is -1.65. The molecule has 1 N–H and O–H groups in total. The molecule has 0 heterocycles. The molecule has 0 fully saturated rings. The van der Waals surface area contributed by atoms with E-state index in [0.29, 0.717) is 11.4 Å². The highest BCUT2D eigenvalue weighted by Crippen LogP contribution is 2.18. The van der Waals surface area contributed by atoms with Gasteiger partial charge in [0.25, 0.3) is 5.91 Å². The Morgan fingerprint density at radius 3 is 2.27 bits per heavy atom. The number of methoxy groups -OCH3 is 1. The third-order valence-electron chi connectivity index (χ3n) is 2.93. The number of halogens is 2. The quantitative estimate of drug-likeness (QED) is 0.921. The molecule has 0 aromatic heterocycles. The highest BCUT2D eigenvalue weighted by molar-refractivity contribution is 5.94. The number of hydrogen-bond acceptors (Lipinski definition) is 3. The fourth-order valence-corrected chi connectivity index (χ4v) is 1.73. The van der Waals surface area contributed by atoms with Crippen LogP contribution in [0.2, 0.25) is 0 Å². The van der Waals surface area contributed by atoms with Crippen LogP contribution in [0.25, 0.3) is 0 Å². The van der Waals surface area contributed by atoms with Crippen LogP contribution in [-0.4, -0.2) is 19.1 Å². The van der Waals surface area contributed by atoms with E-state index in [1.807, 2.05) is 0 Å². The molecule has 4 nitrogen and oxygen atoms in total. The number of nitrogens with one attached hydrogen (secondary N) is 1. The highest BCUT2D eigenvalue weighted by atomic mass is 19.2. The summed E-state index contributed by atoms with van der Waals surface area (Å²) in [5.41, 5.74) is 0.575. The van der Waals surface area contributed by atoms with Crippen molar-refractivity contribution in [2.45, 2.75) is 13.0 Å². The van der Waals surface area contributed by atoms with Crippen LogP contribution < -0.4 is 14.8 Å². The average molecular weight is 307 g/mol. The lowest BCUT2D eigenvalue weighted by atomic mass is 10.2. The van der Waals surface area contributed by atoms with Crippen LogP contribution in [0.15, 0.2) is 42.5 Å². The van der Waals surface area contributed by atoms with Gasteiger partial charge in [0.15, 0.2) is 17.7 Å². The molecular weight excluding hydrogens is 292 g/mol. The molecule has 0 bridgehead atoms. The van der Waals surface area contributed by atoms with Gasteiger partial charge in [-0.25, -0.2) is 8.78 Å². The van der Waals surface area contributed by atoms with E-state index in [4.69, 9.17) is 9.47 Å². The zero-order chi connectivity index (χ0) is 16.1. The summed E-state index contributed by atoms with van der Waals surface area (Å²) in [4.78, 5) is 12.0. The molecule has 6 heteroatoms. The zero-order valence-corrected chi connectivity index (χ0v) is 12.1. The number of hydrogen-bond donors (Lipinski definition) is 1. The van der Waals surface area contributed by atoms with Crippen molar-refractivity contribution in [1.29, 1.82) is 0 Å². The minimum atomic E-state index is -1.03. The number of benzene rings is 2. The van der Waals surface area contributed by atoms with E-state index in [0.717, 1.165) is 12.1 Å². The smallest absolute Gasteiger partial charge is 0.265 e. The molecule has 0 aliphatic carbocycles. The second-order valence-corrected chi connectivity index (χ2v) is 4.55. The Morgan fingerprint density at radius 2 is 1.68 bits per heavy atom. The first kappa shape index (κ1) is 15.8. The lowest BCUT2D eigenvalue weighted by Gasteiger charge is -2.15. The van der Waals surface area contributed by atoms with E-state index >= 15 is 0 Å². The summed E-state index contributed by atoms with van der Waals surface area (Å²) in [7, 11) is 1.55. The van der Waals surface area contributed by atoms with Gasteiger partial charge in [0.2, 0.25) is 0 Å². The number of carbonyl (C=O) groups excluding carboxylic acids is 1. The molecule has 2 aromatic rings. The normalized spacial score (nSPS) is 11.6. The van der Waals surface area contributed by atoms with Gasteiger partial charge >= 0.3 is 0 Å². The molecule has 0 saturated heterocycles. The Balaban J connectivity index is 1.97. The molecule has 0 saturated carbocycles. The topological polar surface area (TPSA) is 47.6 Å². The lowest BCUT2D eigenvalue weighted by Crippen LogP contribution is -2.30. The van der Waals surface area contributed by atoms with E-state index in [1.165, 1.54) is 13.0 Å². The maximum Gasteiger partial charge on any atom is 0.265 e. The summed E-state index contributed by atoms with van der Waals surface area (Å²) in [5, 5.41) is 2.65. The van der Waals surface area contributed by atoms with Crippen LogP contribution in [0.4, 0.5) is 14.5 Å². The fraction of sp³-hybridized carbons (Fsp3) is 0.188. The van der Waals surface area contributed by atoms with Crippen molar-refractivity contribution in [3.63, 3.8) is 0 Å². The molecule has 116 valence electrons. The molecule has 2 aromatic carbocycles. The number of rotatable bonds is 5. The number of amides is 1. The standard InChI is InChI=1S/C16H15F2NO3/c1-10(22-13-7-8-14(17)15(18)9-13)16(20)19-11-3-5-12(21-2)6-4-11/h3-10H,1-2H3,(H,19,20)/t10-/m1/s1. The van der Waals surface area contributed by atoms with E-state index in [-0.39, 0.29) is 5.75 Å². The Labute approximate surface area is 126 Å². The predicted molar refractivity (Wildman–Crippen MR) is 78.1 cm³/mol.